The molecule has 27 heavy (non-hydrogen) atoms. The Morgan fingerprint density at radius 2 is 2.04 bits per heavy atom. The number of ether oxygens (including phenoxy) is 2. The second-order valence-electron chi connectivity index (χ2n) is 6.58. The Labute approximate surface area is 159 Å². The normalized spacial score (nSPS) is 15.0. The molecule has 1 atom stereocenters. The molecule has 1 saturated heterocycles. The quantitative estimate of drug-likeness (QED) is 0.615. The number of benzene rings is 1. The zero-order chi connectivity index (χ0) is 19.2. The number of methoxy groups -OCH3 is 1. The van der Waals surface area contributed by atoms with Gasteiger partial charge in [0.15, 0.2) is 11.5 Å². The number of anilines is 3. The van der Waals surface area contributed by atoms with Crippen LogP contribution in [0.5, 0.6) is 11.5 Å². The largest absolute Gasteiger partial charge is 0.493 e. The zero-order valence-corrected chi connectivity index (χ0v) is 16.0. The summed E-state index contributed by atoms with van der Waals surface area (Å²) in [6.45, 7) is 4.84. The van der Waals surface area contributed by atoms with E-state index in [9.17, 15) is 5.11 Å². The standard InChI is InChI=1S/C19H27N5O3/c1-13-9-18(20-2)23-19(21-13)22-14-5-6-16(26-3)17(10-14)27-12-15(25)11-24-7-4-8-24/h5-6,9-10,15,25H,4,7-8,11-12H2,1-3H3,(H2,20,21,22,23)/t15-/m0/s1. The van der Waals surface area contributed by atoms with E-state index in [1.807, 2.05) is 38.2 Å². The van der Waals surface area contributed by atoms with Gasteiger partial charge in [-0.25, -0.2) is 4.98 Å². The van der Waals surface area contributed by atoms with E-state index in [0.717, 1.165) is 30.3 Å². The van der Waals surface area contributed by atoms with Crippen molar-refractivity contribution < 1.29 is 14.6 Å². The van der Waals surface area contributed by atoms with Gasteiger partial charge in [0.1, 0.15) is 18.5 Å². The predicted octanol–water partition coefficient (Wildman–Crippen LogP) is 2.02. The van der Waals surface area contributed by atoms with Gasteiger partial charge in [0, 0.05) is 37.1 Å². The monoisotopic (exact) mass is 373 g/mol. The Hall–Kier alpha value is -2.58. The molecule has 0 aliphatic carbocycles. The summed E-state index contributed by atoms with van der Waals surface area (Å²) in [4.78, 5) is 11.0. The number of hydrogen-bond acceptors (Lipinski definition) is 8. The lowest BCUT2D eigenvalue weighted by Crippen LogP contribution is -2.43. The first-order valence-electron chi connectivity index (χ1n) is 9.09. The highest BCUT2D eigenvalue weighted by Crippen LogP contribution is 2.31. The third kappa shape index (κ3) is 5.21. The first-order chi connectivity index (χ1) is 13.1. The lowest BCUT2D eigenvalue weighted by molar-refractivity contribution is 0.0460. The predicted molar refractivity (Wildman–Crippen MR) is 105 cm³/mol. The molecule has 1 aliphatic rings. The number of aliphatic hydroxyl groups excluding tert-OH is 1. The molecule has 1 aromatic carbocycles. The number of nitrogens with one attached hydrogen (secondary N) is 2. The van der Waals surface area contributed by atoms with Gasteiger partial charge in [-0.3, -0.25) is 0 Å². The molecular weight excluding hydrogens is 346 g/mol. The first-order valence-corrected chi connectivity index (χ1v) is 9.09. The van der Waals surface area contributed by atoms with Crippen LogP contribution < -0.4 is 20.1 Å². The van der Waals surface area contributed by atoms with E-state index >= 15 is 0 Å². The van der Waals surface area contributed by atoms with Crippen molar-refractivity contribution >= 4 is 17.5 Å². The fourth-order valence-electron chi connectivity index (χ4n) is 2.85. The maximum absolute atomic E-state index is 10.2. The minimum Gasteiger partial charge on any atom is -0.493 e. The fraction of sp³-hybridized carbons (Fsp3) is 0.474. The molecule has 0 amide bonds. The van der Waals surface area contributed by atoms with Crippen molar-refractivity contribution in [1.82, 2.24) is 14.9 Å². The average Bonchev–Trinajstić information content (AvgIpc) is 2.62. The summed E-state index contributed by atoms with van der Waals surface area (Å²) in [6, 6.07) is 7.37. The van der Waals surface area contributed by atoms with Crippen molar-refractivity contribution in [2.75, 3.05) is 51.0 Å². The van der Waals surface area contributed by atoms with Crippen LogP contribution in [0, 0.1) is 6.92 Å². The maximum atomic E-state index is 10.2. The molecule has 3 rings (SSSR count). The van der Waals surface area contributed by atoms with Crippen molar-refractivity contribution in [2.45, 2.75) is 19.4 Å². The van der Waals surface area contributed by atoms with Gasteiger partial charge in [-0.15, -0.1) is 0 Å². The molecule has 0 bridgehead atoms. The molecule has 0 unspecified atom stereocenters. The van der Waals surface area contributed by atoms with E-state index in [2.05, 4.69) is 25.5 Å². The molecule has 8 heteroatoms. The second kappa shape index (κ2) is 8.88. The van der Waals surface area contributed by atoms with Gasteiger partial charge in [0.05, 0.1) is 7.11 Å². The molecule has 2 heterocycles. The summed E-state index contributed by atoms with van der Waals surface area (Å²) in [7, 11) is 3.41. The third-order valence-electron chi connectivity index (χ3n) is 4.38. The minimum absolute atomic E-state index is 0.209. The van der Waals surface area contributed by atoms with Crippen molar-refractivity contribution in [1.29, 1.82) is 0 Å². The highest BCUT2D eigenvalue weighted by atomic mass is 16.5. The van der Waals surface area contributed by atoms with Crippen LogP contribution in [0.4, 0.5) is 17.5 Å². The van der Waals surface area contributed by atoms with E-state index in [0.29, 0.717) is 24.0 Å². The summed E-state index contributed by atoms with van der Waals surface area (Å²) in [5, 5.41) is 16.3. The molecule has 0 radical (unpaired) electrons. The van der Waals surface area contributed by atoms with Crippen molar-refractivity contribution in [2.24, 2.45) is 0 Å². The highest BCUT2D eigenvalue weighted by molar-refractivity contribution is 5.60. The highest BCUT2D eigenvalue weighted by Gasteiger charge is 2.18. The van der Waals surface area contributed by atoms with Gasteiger partial charge in [0.2, 0.25) is 5.95 Å². The molecule has 3 N–H and O–H groups in total. The van der Waals surface area contributed by atoms with Crippen LogP contribution >= 0.6 is 0 Å². The number of β-amino-alcohol motifs (C(OH)–C–C–N with tert-alkyl or cyclic N) is 1. The van der Waals surface area contributed by atoms with E-state index < -0.39 is 6.10 Å². The summed E-state index contributed by atoms with van der Waals surface area (Å²) in [5.41, 5.74) is 1.63. The van der Waals surface area contributed by atoms with Crippen LogP contribution in [0.25, 0.3) is 0 Å². The van der Waals surface area contributed by atoms with Gasteiger partial charge >= 0.3 is 0 Å². The molecule has 0 spiro atoms. The molecule has 1 aromatic heterocycles. The Bertz CT molecular complexity index is 767. The van der Waals surface area contributed by atoms with Crippen LogP contribution in [0.2, 0.25) is 0 Å². The number of aliphatic hydroxyl groups is 1. The van der Waals surface area contributed by atoms with Crippen molar-refractivity contribution in [3.8, 4) is 11.5 Å². The molecule has 0 saturated carbocycles. The van der Waals surface area contributed by atoms with E-state index in [-0.39, 0.29) is 6.61 Å². The lowest BCUT2D eigenvalue weighted by atomic mass is 10.2. The summed E-state index contributed by atoms with van der Waals surface area (Å²) >= 11 is 0. The van der Waals surface area contributed by atoms with Crippen LogP contribution in [-0.2, 0) is 0 Å². The van der Waals surface area contributed by atoms with E-state index in [1.165, 1.54) is 6.42 Å². The molecule has 1 fully saturated rings. The number of aryl methyl sites for hydroxylation is 1. The molecule has 8 nitrogen and oxygen atoms in total. The first kappa shape index (κ1) is 19.2. The summed E-state index contributed by atoms with van der Waals surface area (Å²) < 4.78 is 11.2. The molecule has 2 aromatic rings. The third-order valence-corrected chi connectivity index (χ3v) is 4.38. The van der Waals surface area contributed by atoms with Gasteiger partial charge in [0.25, 0.3) is 0 Å². The summed E-state index contributed by atoms with van der Waals surface area (Å²) in [5.74, 6) is 2.40. The molecule has 146 valence electrons. The molecular formula is C19H27N5O3. The van der Waals surface area contributed by atoms with Crippen LogP contribution in [0.15, 0.2) is 24.3 Å². The van der Waals surface area contributed by atoms with Crippen LogP contribution in [0.3, 0.4) is 0 Å². The number of hydrogen-bond donors (Lipinski definition) is 3. The Morgan fingerprint density at radius 1 is 1.22 bits per heavy atom. The summed E-state index contributed by atoms with van der Waals surface area (Å²) in [6.07, 6.45) is 0.663. The number of rotatable bonds is 9. The zero-order valence-electron chi connectivity index (χ0n) is 16.0. The Kier molecular flexibility index (Phi) is 6.31. The van der Waals surface area contributed by atoms with Crippen molar-refractivity contribution in [3.63, 3.8) is 0 Å². The Morgan fingerprint density at radius 3 is 2.70 bits per heavy atom. The maximum Gasteiger partial charge on any atom is 0.229 e. The van der Waals surface area contributed by atoms with Gasteiger partial charge in [-0.05, 0) is 38.6 Å². The SMILES string of the molecule is CNc1cc(C)nc(Nc2ccc(OC)c(OC[C@@H](O)CN3CCC3)c2)n1. The van der Waals surface area contributed by atoms with Gasteiger partial charge in [-0.1, -0.05) is 0 Å². The number of likely N-dealkylation sites (tertiary alicyclic amines) is 1. The topological polar surface area (TPSA) is 91.8 Å². The van der Waals surface area contributed by atoms with Crippen molar-refractivity contribution in [3.05, 3.63) is 30.0 Å². The van der Waals surface area contributed by atoms with E-state index in [1.54, 1.807) is 7.11 Å². The average molecular weight is 373 g/mol. The van der Waals surface area contributed by atoms with E-state index in [4.69, 9.17) is 9.47 Å². The smallest absolute Gasteiger partial charge is 0.229 e. The van der Waals surface area contributed by atoms with Crippen LogP contribution in [0.1, 0.15) is 12.1 Å². The number of aromatic nitrogens is 2. The second-order valence-corrected chi connectivity index (χ2v) is 6.58. The number of nitrogens with zero attached hydrogens (tertiary/aromatic N) is 3. The fourth-order valence-corrected chi connectivity index (χ4v) is 2.85. The minimum atomic E-state index is -0.537. The lowest BCUT2D eigenvalue weighted by Gasteiger charge is -2.32. The van der Waals surface area contributed by atoms with Crippen LogP contribution in [-0.4, -0.2) is 66.5 Å². The molecule has 1 aliphatic heterocycles. The van der Waals surface area contributed by atoms with Gasteiger partial charge < -0.3 is 30.1 Å². The van der Waals surface area contributed by atoms with Gasteiger partial charge in [-0.2, -0.15) is 4.98 Å². The Balaban J connectivity index is 1.68.